The molecule has 0 spiro atoms. The molecule has 1 amide bonds. The second-order valence-corrected chi connectivity index (χ2v) is 4.71. The highest BCUT2D eigenvalue weighted by Crippen LogP contribution is 2.19. The first-order chi connectivity index (χ1) is 10.8. The zero-order chi connectivity index (χ0) is 15.8. The summed E-state index contributed by atoms with van der Waals surface area (Å²) in [6, 6.07) is 13.5. The van der Waals surface area contributed by atoms with Gasteiger partial charge < -0.3 is 15.4 Å². The number of amides is 1. The summed E-state index contributed by atoms with van der Waals surface area (Å²) in [4.78, 5) is 16.1. The van der Waals surface area contributed by atoms with Crippen LogP contribution in [0.3, 0.4) is 0 Å². The number of nitrogens with zero attached hydrogens (tertiary/aromatic N) is 1. The van der Waals surface area contributed by atoms with Crippen molar-refractivity contribution in [3.8, 4) is 0 Å². The second kappa shape index (κ2) is 8.14. The molecule has 5 heteroatoms. The Bertz CT molecular complexity index is 602. The van der Waals surface area contributed by atoms with E-state index in [-0.39, 0.29) is 12.0 Å². The van der Waals surface area contributed by atoms with Crippen molar-refractivity contribution in [3.05, 3.63) is 59.8 Å². The SMILES string of the molecule is CCO[C@@H](CNc1ncccc1C(=O)NC)c1ccccc1. The molecule has 1 heterocycles. The van der Waals surface area contributed by atoms with Crippen LogP contribution in [-0.2, 0) is 4.74 Å². The summed E-state index contributed by atoms with van der Waals surface area (Å²) in [5.41, 5.74) is 1.61. The third kappa shape index (κ3) is 4.05. The Morgan fingerprint density at radius 1 is 1.23 bits per heavy atom. The minimum atomic E-state index is -0.164. The van der Waals surface area contributed by atoms with Crippen LogP contribution in [0, 0.1) is 0 Å². The standard InChI is InChI=1S/C17H21N3O2/c1-3-22-15(13-8-5-4-6-9-13)12-20-16-14(17(21)18-2)10-7-11-19-16/h4-11,15H,3,12H2,1-2H3,(H,18,21)(H,19,20)/t15-/m0/s1. The lowest BCUT2D eigenvalue weighted by Gasteiger charge is -2.19. The molecule has 5 nitrogen and oxygen atoms in total. The van der Waals surface area contributed by atoms with Crippen molar-refractivity contribution in [3.63, 3.8) is 0 Å². The first-order valence-electron chi connectivity index (χ1n) is 7.33. The van der Waals surface area contributed by atoms with E-state index >= 15 is 0 Å². The monoisotopic (exact) mass is 299 g/mol. The van der Waals surface area contributed by atoms with E-state index in [0.717, 1.165) is 5.56 Å². The van der Waals surface area contributed by atoms with Crippen LogP contribution in [0.15, 0.2) is 48.7 Å². The van der Waals surface area contributed by atoms with Gasteiger partial charge in [0.25, 0.3) is 5.91 Å². The van der Waals surface area contributed by atoms with Gasteiger partial charge in [-0.25, -0.2) is 4.98 Å². The molecule has 0 fully saturated rings. The molecule has 22 heavy (non-hydrogen) atoms. The molecule has 0 aliphatic carbocycles. The number of hydrogen-bond acceptors (Lipinski definition) is 4. The van der Waals surface area contributed by atoms with Crippen LogP contribution < -0.4 is 10.6 Å². The molecule has 0 saturated carbocycles. The molecule has 0 aliphatic heterocycles. The summed E-state index contributed by atoms with van der Waals surface area (Å²) in [6.45, 7) is 3.12. The lowest BCUT2D eigenvalue weighted by Crippen LogP contribution is -2.22. The highest BCUT2D eigenvalue weighted by molar-refractivity contribution is 5.98. The molecule has 0 saturated heterocycles. The average Bonchev–Trinajstić information content (AvgIpc) is 2.59. The maximum absolute atomic E-state index is 11.9. The first kappa shape index (κ1) is 16.0. The fraction of sp³-hybridized carbons (Fsp3) is 0.294. The Labute approximate surface area is 130 Å². The zero-order valence-electron chi connectivity index (χ0n) is 12.9. The first-order valence-corrected chi connectivity index (χ1v) is 7.33. The molecule has 2 N–H and O–H groups in total. The third-order valence-corrected chi connectivity index (χ3v) is 3.27. The summed E-state index contributed by atoms with van der Waals surface area (Å²) in [5.74, 6) is 0.394. The minimum Gasteiger partial charge on any atom is -0.372 e. The Hall–Kier alpha value is -2.40. The minimum absolute atomic E-state index is 0.0919. The lowest BCUT2D eigenvalue weighted by molar-refractivity contribution is 0.0718. The molecule has 0 radical (unpaired) electrons. The average molecular weight is 299 g/mol. The van der Waals surface area contributed by atoms with Crippen LogP contribution in [-0.4, -0.2) is 31.1 Å². The van der Waals surface area contributed by atoms with Gasteiger partial charge in [-0.1, -0.05) is 30.3 Å². The van der Waals surface area contributed by atoms with Crippen molar-refractivity contribution in [2.24, 2.45) is 0 Å². The van der Waals surface area contributed by atoms with E-state index in [1.807, 2.05) is 37.3 Å². The van der Waals surface area contributed by atoms with Crippen molar-refractivity contribution in [1.29, 1.82) is 0 Å². The number of ether oxygens (including phenoxy) is 1. The third-order valence-electron chi connectivity index (χ3n) is 3.27. The summed E-state index contributed by atoms with van der Waals surface area (Å²) in [7, 11) is 1.60. The highest BCUT2D eigenvalue weighted by Gasteiger charge is 2.14. The quantitative estimate of drug-likeness (QED) is 0.825. The summed E-state index contributed by atoms with van der Waals surface area (Å²) in [6.07, 6.45) is 1.57. The molecule has 1 aromatic heterocycles. The fourth-order valence-corrected chi connectivity index (χ4v) is 2.20. The smallest absolute Gasteiger partial charge is 0.254 e. The zero-order valence-corrected chi connectivity index (χ0v) is 12.9. The van der Waals surface area contributed by atoms with Crippen LogP contribution in [0.5, 0.6) is 0 Å². The number of aromatic nitrogens is 1. The van der Waals surface area contributed by atoms with Gasteiger partial charge in [-0.15, -0.1) is 0 Å². The number of anilines is 1. The van der Waals surface area contributed by atoms with Crippen molar-refractivity contribution >= 4 is 11.7 Å². The van der Waals surface area contributed by atoms with Gasteiger partial charge in [-0.3, -0.25) is 4.79 Å². The van der Waals surface area contributed by atoms with Gasteiger partial charge in [0.1, 0.15) is 5.82 Å². The number of rotatable bonds is 7. The van der Waals surface area contributed by atoms with Gasteiger partial charge in [0.15, 0.2) is 0 Å². The van der Waals surface area contributed by atoms with Gasteiger partial charge >= 0.3 is 0 Å². The summed E-state index contributed by atoms with van der Waals surface area (Å²) >= 11 is 0. The van der Waals surface area contributed by atoms with E-state index in [9.17, 15) is 4.79 Å². The number of carbonyl (C=O) groups excluding carboxylic acids is 1. The molecule has 0 aliphatic rings. The second-order valence-electron chi connectivity index (χ2n) is 4.71. The topological polar surface area (TPSA) is 63.2 Å². The molecule has 116 valence electrons. The van der Waals surface area contributed by atoms with Gasteiger partial charge in [0.05, 0.1) is 11.7 Å². The van der Waals surface area contributed by atoms with Crippen LogP contribution >= 0.6 is 0 Å². The summed E-state index contributed by atoms with van der Waals surface area (Å²) < 4.78 is 5.79. The van der Waals surface area contributed by atoms with Crippen molar-refractivity contribution in [1.82, 2.24) is 10.3 Å². The van der Waals surface area contributed by atoms with Gasteiger partial charge in [0, 0.05) is 26.4 Å². The van der Waals surface area contributed by atoms with Crippen molar-refractivity contribution in [2.75, 3.05) is 25.5 Å². The number of nitrogens with one attached hydrogen (secondary N) is 2. The van der Waals surface area contributed by atoms with Gasteiger partial charge in [0.2, 0.25) is 0 Å². The van der Waals surface area contributed by atoms with E-state index < -0.39 is 0 Å². The largest absolute Gasteiger partial charge is 0.372 e. The number of carbonyl (C=O) groups is 1. The Morgan fingerprint density at radius 3 is 2.68 bits per heavy atom. The molecule has 1 atom stereocenters. The van der Waals surface area contributed by atoms with Crippen molar-refractivity contribution < 1.29 is 9.53 Å². The Balaban J connectivity index is 2.12. The number of pyridine rings is 1. The van der Waals surface area contributed by atoms with Crippen LogP contribution in [0.4, 0.5) is 5.82 Å². The lowest BCUT2D eigenvalue weighted by atomic mass is 10.1. The van der Waals surface area contributed by atoms with Crippen LogP contribution in [0.25, 0.3) is 0 Å². The van der Waals surface area contributed by atoms with E-state index in [4.69, 9.17) is 4.74 Å². The van der Waals surface area contributed by atoms with Crippen molar-refractivity contribution in [2.45, 2.75) is 13.0 Å². The van der Waals surface area contributed by atoms with Gasteiger partial charge in [-0.2, -0.15) is 0 Å². The van der Waals surface area contributed by atoms with E-state index in [2.05, 4.69) is 15.6 Å². The highest BCUT2D eigenvalue weighted by atomic mass is 16.5. The molecule has 2 aromatic rings. The molecule has 2 rings (SSSR count). The molecular formula is C17H21N3O2. The molecule has 1 aromatic carbocycles. The normalized spacial score (nSPS) is 11.7. The maximum Gasteiger partial charge on any atom is 0.254 e. The predicted octanol–water partition coefficient (Wildman–Crippen LogP) is 2.63. The molecule has 0 unspecified atom stereocenters. The Morgan fingerprint density at radius 2 is 2.00 bits per heavy atom. The number of hydrogen-bond donors (Lipinski definition) is 2. The van der Waals surface area contributed by atoms with Gasteiger partial charge in [-0.05, 0) is 24.6 Å². The maximum atomic E-state index is 11.9. The van der Waals surface area contributed by atoms with E-state index in [0.29, 0.717) is 24.5 Å². The Kier molecular flexibility index (Phi) is 5.91. The summed E-state index contributed by atoms with van der Waals surface area (Å²) in [5, 5.41) is 5.83. The van der Waals surface area contributed by atoms with Crippen LogP contribution in [0.2, 0.25) is 0 Å². The van der Waals surface area contributed by atoms with E-state index in [1.165, 1.54) is 0 Å². The molecule has 0 bridgehead atoms. The predicted molar refractivity (Wildman–Crippen MR) is 86.9 cm³/mol. The molecular weight excluding hydrogens is 278 g/mol. The fourth-order valence-electron chi connectivity index (χ4n) is 2.20. The number of benzene rings is 1. The van der Waals surface area contributed by atoms with E-state index in [1.54, 1.807) is 25.4 Å². The van der Waals surface area contributed by atoms with Crippen LogP contribution in [0.1, 0.15) is 28.9 Å².